The first-order valence-electron chi connectivity index (χ1n) is 8.59. The summed E-state index contributed by atoms with van der Waals surface area (Å²) in [6.45, 7) is 8.15. The Morgan fingerprint density at radius 1 is 1.04 bits per heavy atom. The third-order valence-electron chi connectivity index (χ3n) is 4.62. The van der Waals surface area contributed by atoms with E-state index in [-0.39, 0.29) is 23.0 Å². The van der Waals surface area contributed by atoms with Gasteiger partial charge in [-0.2, -0.15) is 0 Å². The van der Waals surface area contributed by atoms with Crippen LogP contribution in [0.3, 0.4) is 0 Å². The number of ketones is 1. The number of likely N-dealkylation sites (tertiary alicyclic amines) is 1. The van der Waals surface area contributed by atoms with Crippen LogP contribution in [-0.2, 0) is 4.79 Å². The summed E-state index contributed by atoms with van der Waals surface area (Å²) in [7, 11) is 0. The van der Waals surface area contributed by atoms with Crippen LogP contribution in [0.1, 0.15) is 44.0 Å². The largest absolute Gasteiger partial charge is 0.486 e. The smallest absolute Gasteiger partial charge is 0.227 e. The van der Waals surface area contributed by atoms with E-state index in [2.05, 4.69) is 0 Å². The highest BCUT2D eigenvalue weighted by Gasteiger charge is 2.32. The van der Waals surface area contributed by atoms with E-state index in [0.29, 0.717) is 43.4 Å². The number of hydrogen-bond acceptors (Lipinski definition) is 4. The number of hydrogen-bond donors (Lipinski definition) is 0. The number of carbonyl (C=O) groups excluding carboxylic acids is 2. The van der Waals surface area contributed by atoms with Crippen molar-refractivity contribution in [1.82, 2.24) is 4.90 Å². The summed E-state index contributed by atoms with van der Waals surface area (Å²) in [5.74, 6) is 1.61. The van der Waals surface area contributed by atoms with E-state index in [1.165, 1.54) is 0 Å². The molecule has 0 unspecified atom stereocenters. The Morgan fingerprint density at radius 2 is 1.67 bits per heavy atom. The van der Waals surface area contributed by atoms with E-state index >= 15 is 0 Å². The fraction of sp³-hybridized carbons (Fsp3) is 0.579. The number of Topliss-reactive ketones (excluding diaryl/α,β-unsaturated/α-hetero) is 1. The summed E-state index contributed by atoms with van der Waals surface area (Å²) in [4.78, 5) is 27.0. The lowest BCUT2D eigenvalue weighted by molar-refractivity contribution is -0.140. The highest BCUT2D eigenvalue weighted by Crippen LogP contribution is 2.33. The van der Waals surface area contributed by atoms with Gasteiger partial charge < -0.3 is 14.4 Å². The zero-order valence-electron chi connectivity index (χ0n) is 14.6. The van der Waals surface area contributed by atoms with Crippen molar-refractivity contribution >= 4 is 11.7 Å². The second kappa shape index (κ2) is 6.46. The molecule has 3 rings (SSSR count). The predicted octanol–water partition coefficient (Wildman–Crippen LogP) is 2.93. The molecule has 5 heteroatoms. The third-order valence-corrected chi connectivity index (χ3v) is 4.62. The number of carbonyl (C=O) groups is 2. The molecule has 1 aromatic carbocycles. The van der Waals surface area contributed by atoms with E-state index in [4.69, 9.17) is 9.47 Å². The van der Waals surface area contributed by atoms with Crippen LogP contribution in [0.4, 0.5) is 0 Å². The molecule has 1 aromatic rings. The predicted molar refractivity (Wildman–Crippen MR) is 90.5 cm³/mol. The van der Waals surface area contributed by atoms with Crippen LogP contribution in [-0.4, -0.2) is 42.9 Å². The van der Waals surface area contributed by atoms with Gasteiger partial charge in [0.15, 0.2) is 17.3 Å². The molecule has 0 spiro atoms. The molecule has 1 saturated heterocycles. The molecule has 5 nitrogen and oxygen atoms in total. The van der Waals surface area contributed by atoms with Crippen molar-refractivity contribution in [3.63, 3.8) is 0 Å². The lowest BCUT2D eigenvalue weighted by atomic mass is 9.87. The molecule has 24 heavy (non-hydrogen) atoms. The monoisotopic (exact) mass is 331 g/mol. The molecular formula is C19H25NO4. The van der Waals surface area contributed by atoms with Gasteiger partial charge in [0, 0.05) is 30.0 Å². The standard InChI is InChI=1S/C19H25NO4/c1-19(2,3)18(22)20-8-6-13(7-9-20)17(21)14-4-5-15-16(12-14)24-11-10-23-15/h4-5,12-13H,6-11H2,1-3H3. The first kappa shape index (κ1) is 16.8. The van der Waals surface area contributed by atoms with Crippen LogP contribution in [0, 0.1) is 11.3 Å². The number of ether oxygens (including phenoxy) is 2. The number of amides is 1. The van der Waals surface area contributed by atoms with E-state index < -0.39 is 0 Å². The Bertz CT molecular complexity index is 639. The summed E-state index contributed by atoms with van der Waals surface area (Å²) < 4.78 is 11.1. The maximum Gasteiger partial charge on any atom is 0.227 e. The number of rotatable bonds is 2. The van der Waals surface area contributed by atoms with Gasteiger partial charge in [0.05, 0.1) is 0 Å². The number of benzene rings is 1. The average Bonchev–Trinajstić information content (AvgIpc) is 2.59. The molecule has 0 aliphatic carbocycles. The van der Waals surface area contributed by atoms with Gasteiger partial charge in [-0.3, -0.25) is 9.59 Å². The van der Waals surface area contributed by atoms with Gasteiger partial charge in [0.25, 0.3) is 0 Å². The topological polar surface area (TPSA) is 55.8 Å². The van der Waals surface area contributed by atoms with Gasteiger partial charge in [0.2, 0.25) is 5.91 Å². The van der Waals surface area contributed by atoms with Crippen molar-refractivity contribution in [2.45, 2.75) is 33.6 Å². The molecule has 1 amide bonds. The van der Waals surface area contributed by atoms with E-state index in [0.717, 1.165) is 12.8 Å². The second-order valence-corrected chi connectivity index (χ2v) is 7.54. The molecule has 0 atom stereocenters. The van der Waals surface area contributed by atoms with Gasteiger partial charge >= 0.3 is 0 Å². The second-order valence-electron chi connectivity index (χ2n) is 7.54. The highest BCUT2D eigenvalue weighted by molar-refractivity contribution is 5.98. The minimum absolute atomic E-state index is 0.0309. The Balaban J connectivity index is 1.64. The van der Waals surface area contributed by atoms with Crippen molar-refractivity contribution in [1.29, 1.82) is 0 Å². The van der Waals surface area contributed by atoms with Crippen molar-refractivity contribution in [3.8, 4) is 11.5 Å². The normalized spacial score (nSPS) is 18.4. The summed E-state index contributed by atoms with van der Waals surface area (Å²) >= 11 is 0. The average molecular weight is 331 g/mol. The summed E-state index contributed by atoms with van der Waals surface area (Å²) in [6.07, 6.45) is 1.43. The van der Waals surface area contributed by atoms with Crippen LogP contribution in [0.25, 0.3) is 0 Å². The zero-order valence-corrected chi connectivity index (χ0v) is 14.6. The van der Waals surface area contributed by atoms with Crippen LogP contribution in [0.5, 0.6) is 11.5 Å². The van der Waals surface area contributed by atoms with Crippen molar-refractivity contribution in [2.75, 3.05) is 26.3 Å². The zero-order chi connectivity index (χ0) is 17.3. The third kappa shape index (κ3) is 3.40. The maximum absolute atomic E-state index is 12.8. The Hall–Kier alpha value is -2.04. The molecule has 0 N–H and O–H groups in total. The lowest BCUT2D eigenvalue weighted by Crippen LogP contribution is -2.45. The molecule has 2 aliphatic heterocycles. The first-order chi connectivity index (χ1) is 11.4. The van der Waals surface area contributed by atoms with Gasteiger partial charge in [0.1, 0.15) is 13.2 Å². The van der Waals surface area contributed by atoms with Gasteiger partial charge in [-0.15, -0.1) is 0 Å². The van der Waals surface area contributed by atoms with Crippen LogP contribution in [0.2, 0.25) is 0 Å². The van der Waals surface area contributed by atoms with Crippen molar-refractivity contribution in [2.24, 2.45) is 11.3 Å². The number of fused-ring (bicyclic) bond motifs is 1. The number of nitrogens with zero attached hydrogens (tertiary/aromatic N) is 1. The molecule has 0 saturated carbocycles. The Labute approximate surface area is 142 Å². The quantitative estimate of drug-likeness (QED) is 0.782. The minimum atomic E-state index is -0.368. The fourth-order valence-corrected chi connectivity index (χ4v) is 3.25. The van der Waals surface area contributed by atoms with Gasteiger partial charge in [-0.05, 0) is 31.0 Å². The molecule has 1 fully saturated rings. The minimum Gasteiger partial charge on any atom is -0.486 e. The highest BCUT2D eigenvalue weighted by atomic mass is 16.6. The molecule has 0 aromatic heterocycles. The summed E-state index contributed by atoms with van der Waals surface area (Å²) in [5.41, 5.74) is 0.298. The van der Waals surface area contributed by atoms with Crippen LogP contribution < -0.4 is 9.47 Å². The Kier molecular flexibility index (Phi) is 4.52. The fourth-order valence-electron chi connectivity index (χ4n) is 3.25. The van der Waals surface area contributed by atoms with Crippen molar-refractivity contribution < 1.29 is 19.1 Å². The maximum atomic E-state index is 12.8. The van der Waals surface area contributed by atoms with Crippen molar-refractivity contribution in [3.05, 3.63) is 23.8 Å². The number of piperidine rings is 1. The van der Waals surface area contributed by atoms with E-state index in [1.807, 2.05) is 31.7 Å². The van der Waals surface area contributed by atoms with Gasteiger partial charge in [-0.25, -0.2) is 0 Å². The molecule has 2 heterocycles. The van der Waals surface area contributed by atoms with Crippen LogP contribution in [0.15, 0.2) is 18.2 Å². The van der Waals surface area contributed by atoms with E-state index in [1.54, 1.807) is 12.1 Å². The van der Waals surface area contributed by atoms with Crippen LogP contribution >= 0.6 is 0 Å². The summed E-state index contributed by atoms with van der Waals surface area (Å²) in [6, 6.07) is 5.39. The molecule has 2 aliphatic rings. The van der Waals surface area contributed by atoms with E-state index in [9.17, 15) is 9.59 Å². The summed E-state index contributed by atoms with van der Waals surface area (Å²) in [5, 5.41) is 0. The first-order valence-corrected chi connectivity index (χ1v) is 8.59. The molecule has 130 valence electrons. The molecular weight excluding hydrogens is 306 g/mol. The lowest BCUT2D eigenvalue weighted by Gasteiger charge is -2.35. The molecule has 0 radical (unpaired) electrons. The molecule has 0 bridgehead atoms. The Morgan fingerprint density at radius 3 is 2.29 bits per heavy atom. The SMILES string of the molecule is CC(C)(C)C(=O)N1CCC(C(=O)c2ccc3c(c2)OCCO3)CC1. The van der Waals surface area contributed by atoms with Gasteiger partial charge in [-0.1, -0.05) is 20.8 Å².